The molecule has 3 unspecified atom stereocenters. The van der Waals surface area contributed by atoms with E-state index in [1.807, 2.05) is 6.07 Å². The van der Waals surface area contributed by atoms with E-state index in [1.165, 1.54) is 12.0 Å². The van der Waals surface area contributed by atoms with Crippen LogP contribution in [0.5, 0.6) is 0 Å². The highest BCUT2D eigenvalue weighted by atomic mass is 35.5. The summed E-state index contributed by atoms with van der Waals surface area (Å²) in [6, 6.07) is 10.7. The lowest BCUT2D eigenvalue weighted by atomic mass is 10.0. The highest BCUT2D eigenvalue weighted by Gasteiger charge is 2.34. The van der Waals surface area contributed by atoms with Crippen LogP contribution in [0.25, 0.3) is 0 Å². The fraction of sp³-hybridized carbons (Fsp3) is 0.611. The van der Waals surface area contributed by atoms with Crippen molar-refractivity contribution in [3.63, 3.8) is 0 Å². The normalized spacial score (nSPS) is 26.5. The van der Waals surface area contributed by atoms with Gasteiger partial charge in [-0.15, -0.1) is 24.8 Å². The molecule has 136 valence electrons. The Hall–Kier alpha value is -0.810. The van der Waals surface area contributed by atoms with Crippen molar-refractivity contribution in [2.24, 2.45) is 11.7 Å². The maximum absolute atomic E-state index is 12.7. The van der Waals surface area contributed by atoms with Gasteiger partial charge >= 0.3 is 0 Å². The van der Waals surface area contributed by atoms with Crippen molar-refractivity contribution in [3.8, 4) is 0 Å². The molecule has 1 saturated carbocycles. The molecule has 1 heterocycles. The van der Waals surface area contributed by atoms with Crippen LogP contribution in [-0.4, -0.2) is 36.0 Å². The molecule has 1 aliphatic carbocycles. The first kappa shape index (κ1) is 21.2. The van der Waals surface area contributed by atoms with E-state index in [0.29, 0.717) is 12.5 Å². The summed E-state index contributed by atoms with van der Waals surface area (Å²) in [7, 11) is 0. The van der Waals surface area contributed by atoms with Crippen molar-refractivity contribution >= 4 is 30.7 Å². The molecule has 2 fully saturated rings. The Balaban J connectivity index is 0.00000144. The highest BCUT2D eigenvalue weighted by molar-refractivity contribution is 5.85. The number of amides is 1. The summed E-state index contributed by atoms with van der Waals surface area (Å²) in [5.74, 6) is 0.673. The molecule has 6 heteroatoms. The summed E-state index contributed by atoms with van der Waals surface area (Å²) >= 11 is 0. The zero-order chi connectivity index (χ0) is 15.4. The van der Waals surface area contributed by atoms with Crippen LogP contribution in [0.4, 0.5) is 0 Å². The SMILES string of the molecule is Cl.Cl.NCC1CCCC1NC(=O)C1CCCN1Cc1ccccc1. The van der Waals surface area contributed by atoms with Gasteiger partial charge in [-0.1, -0.05) is 36.8 Å². The quantitative estimate of drug-likeness (QED) is 0.833. The molecule has 0 radical (unpaired) electrons. The lowest BCUT2D eigenvalue weighted by molar-refractivity contribution is -0.126. The molecule has 0 bridgehead atoms. The van der Waals surface area contributed by atoms with E-state index in [1.54, 1.807) is 0 Å². The average molecular weight is 374 g/mol. The molecule has 0 aromatic heterocycles. The predicted octanol–water partition coefficient (Wildman–Crippen LogP) is 2.74. The van der Waals surface area contributed by atoms with Gasteiger partial charge in [0.05, 0.1) is 6.04 Å². The second-order valence-electron chi connectivity index (χ2n) is 6.66. The van der Waals surface area contributed by atoms with Crippen molar-refractivity contribution in [1.29, 1.82) is 0 Å². The number of rotatable bonds is 5. The topological polar surface area (TPSA) is 58.4 Å². The van der Waals surface area contributed by atoms with Gasteiger partial charge in [0.2, 0.25) is 5.91 Å². The van der Waals surface area contributed by atoms with Crippen LogP contribution in [0.1, 0.15) is 37.7 Å². The number of nitrogens with two attached hydrogens (primary N) is 1. The Morgan fingerprint density at radius 2 is 1.88 bits per heavy atom. The maximum Gasteiger partial charge on any atom is 0.237 e. The third-order valence-electron chi connectivity index (χ3n) is 5.18. The van der Waals surface area contributed by atoms with Crippen molar-refractivity contribution in [1.82, 2.24) is 10.2 Å². The molecule has 1 aromatic rings. The Kier molecular flexibility index (Phi) is 9.06. The van der Waals surface area contributed by atoms with Gasteiger partial charge in [-0.05, 0) is 50.3 Å². The van der Waals surface area contributed by atoms with Crippen LogP contribution < -0.4 is 11.1 Å². The molecule has 4 nitrogen and oxygen atoms in total. The van der Waals surface area contributed by atoms with E-state index in [9.17, 15) is 4.79 Å². The summed E-state index contributed by atoms with van der Waals surface area (Å²) in [5, 5.41) is 3.28. The number of benzene rings is 1. The Morgan fingerprint density at radius 3 is 2.58 bits per heavy atom. The number of hydrogen-bond acceptors (Lipinski definition) is 3. The minimum atomic E-state index is 0. The first-order valence-corrected chi connectivity index (χ1v) is 8.56. The summed E-state index contributed by atoms with van der Waals surface area (Å²) in [6.07, 6.45) is 5.50. The zero-order valence-electron chi connectivity index (χ0n) is 14.0. The largest absolute Gasteiger partial charge is 0.352 e. The first-order chi connectivity index (χ1) is 10.8. The maximum atomic E-state index is 12.7. The molecule has 2 aliphatic rings. The first-order valence-electron chi connectivity index (χ1n) is 8.56. The monoisotopic (exact) mass is 373 g/mol. The lowest BCUT2D eigenvalue weighted by Crippen LogP contribution is -2.48. The van der Waals surface area contributed by atoms with E-state index in [-0.39, 0.29) is 42.8 Å². The minimum Gasteiger partial charge on any atom is -0.352 e. The standard InChI is InChI=1S/C18H27N3O.2ClH/c19-12-15-8-4-9-16(15)20-18(22)17-10-5-11-21(17)13-14-6-2-1-3-7-14;;/h1-3,6-7,15-17H,4-5,8-13,19H2,(H,20,22);2*1H. The second kappa shape index (κ2) is 10.2. The van der Waals surface area contributed by atoms with Crippen molar-refractivity contribution in [3.05, 3.63) is 35.9 Å². The van der Waals surface area contributed by atoms with Crippen molar-refractivity contribution in [2.75, 3.05) is 13.1 Å². The molecule has 1 aliphatic heterocycles. The number of carbonyl (C=O) groups is 1. The summed E-state index contributed by atoms with van der Waals surface area (Å²) in [6.45, 7) is 2.56. The number of halogens is 2. The third-order valence-corrected chi connectivity index (χ3v) is 5.18. The van der Waals surface area contributed by atoms with Gasteiger partial charge in [-0.25, -0.2) is 0 Å². The van der Waals surface area contributed by atoms with Gasteiger partial charge in [-0.3, -0.25) is 9.69 Å². The number of nitrogens with one attached hydrogen (secondary N) is 1. The fourth-order valence-electron chi connectivity index (χ4n) is 3.92. The number of likely N-dealkylation sites (tertiary alicyclic amines) is 1. The van der Waals surface area contributed by atoms with Crippen LogP contribution in [-0.2, 0) is 11.3 Å². The van der Waals surface area contributed by atoms with E-state index in [4.69, 9.17) is 5.73 Å². The van der Waals surface area contributed by atoms with Crippen LogP contribution in [0, 0.1) is 5.92 Å². The highest BCUT2D eigenvalue weighted by Crippen LogP contribution is 2.26. The minimum absolute atomic E-state index is 0. The fourth-order valence-corrected chi connectivity index (χ4v) is 3.92. The molecule has 3 rings (SSSR count). The Bertz CT molecular complexity index is 500. The number of nitrogens with zero attached hydrogens (tertiary/aromatic N) is 1. The van der Waals surface area contributed by atoms with E-state index >= 15 is 0 Å². The van der Waals surface area contributed by atoms with Gasteiger partial charge in [0.15, 0.2) is 0 Å². The van der Waals surface area contributed by atoms with E-state index in [0.717, 1.165) is 38.8 Å². The van der Waals surface area contributed by atoms with E-state index < -0.39 is 0 Å². The smallest absolute Gasteiger partial charge is 0.237 e. The van der Waals surface area contributed by atoms with Crippen molar-refractivity contribution in [2.45, 2.75) is 50.7 Å². The third kappa shape index (κ3) is 5.09. The van der Waals surface area contributed by atoms with E-state index in [2.05, 4.69) is 34.5 Å². The second-order valence-corrected chi connectivity index (χ2v) is 6.66. The molecular weight excluding hydrogens is 345 g/mol. The van der Waals surface area contributed by atoms with Crippen LogP contribution in [0.15, 0.2) is 30.3 Å². The summed E-state index contributed by atoms with van der Waals surface area (Å²) in [5.41, 5.74) is 7.10. The molecule has 24 heavy (non-hydrogen) atoms. The summed E-state index contributed by atoms with van der Waals surface area (Å²) < 4.78 is 0. The van der Waals surface area contributed by atoms with Crippen molar-refractivity contribution < 1.29 is 4.79 Å². The molecule has 3 N–H and O–H groups in total. The Morgan fingerprint density at radius 1 is 1.12 bits per heavy atom. The molecule has 1 amide bonds. The Labute approximate surface area is 157 Å². The molecule has 1 aromatic carbocycles. The van der Waals surface area contributed by atoms with Gasteiger partial charge in [0.25, 0.3) is 0 Å². The molecular formula is C18H29Cl2N3O. The predicted molar refractivity (Wildman–Crippen MR) is 103 cm³/mol. The molecule has 1 saturated heterocycles. The van der Waals surface area contributed by atoms with Crippen LogP contribution in [0.3, 0.4) is 0 Å². The summed E-state index contributed by atoms with van der Waals surface area (Å²) in [4.78, 5) is 15.0. The van der Waals surface area contributed by atoms with Gasteiger partial charge in [0, 0.05) is 12.6 Å². The number of hydrogen-bond donors (Lipinski definition) is 2. The average Bonchev–Trinajstić information content (AvgIpc) is 3.17. The molecule has 0 spiro atoms. The lowest BCUT2D eigenvalue weighted by Gasteiger charge is -2.27. The van der Waals surface area contributed by atoms with Crippen LogP contribution >= 0.6 is 24.8 Å². The van der Waals surface area contributed by atoms with Gasteiger partial charge in [0.1, 0.15) is 0 Å². The van der Waals surface area contributed by atoms with Gasteiger partial charge in [-0.2, -0.15) is 0 Å². The van der Waals surface area contributed by atoms with Gasteiger partial charge < -0.3 is 11.1 Å². The zero-order valence-corrected chi connectivity index (χ0v) is 15.7. The van der Waals surface area contributed by atoms with Crippen LogP contribution in [0.2, 0.25) is 0 Å². The number of carbonyl (C=O) groups excluding carboxylic acids is 1. The molecule has 3 atom stereocenters.